The van der Waals surface area contributed by atoms with Crippen LogP contribution in [0.5, 0.6) is 0 Å². The molecule has 0 spiro atoms. The van der Waals surface area contributed by atoms with E-state index in [0.717, 1.165) is 0 Å². The summed E-state index contributed by atoms with van der Waals surface area (Å²) in [5.74, 6) is 0.629. The van der Waals surface area contributed by atoms with Gasteiger partial charge in [0.2, 0.25) is 0 Å². The molecular formula is C13H22BrNS. The van der Waals surface area contributed by atoms with Crippen LogP contribution < -0.4 is 5.73 Å². The number of hydrogen-bond acceptors (Lipinski definition) is 2. The predicted octanol–water partition coefficient (Wildman–Crippen LogP) is 5.04. The maximum Gasteiger partial charge on any atom is 0.0429 e. The van der Waals surface area contributed by atoms with E-state index in [1.54, 1.807) is 0 Å². The lowest BCUT2D eigenvalue weighted by Crippen LogP contribution is -2.20. The summed E-state index contributed by atoms with van der Waals surface area (Å²) in [6.07, 6.45) is 4.91. The van der Waals surface area contributed by atoms with Gasteiger partial charge in [-0.3, -0.25) is 0 Å². The van der Waals surface area contributed by atoms with E-state index < -0.39 is 0 Å². The second-order valence-electron chi connectivity index (χ2n) is 4.43. The first-order valence-electron chi connectivity index (χ1n) is 6.11. The van der Waals surface area contributed by atoms with Crippen molar-refractivity contribution in [2.75, 3.05) is 0 Å². The maximum absolute atomic E-state index is 6.41. The first-order chi connectivity index (χ1) is 7.60. The molecule has 0 bridgehead atoms. The van der Waals surface area contributed by atoms with Crippen molar-refractivity contribution in [2.45, 2.75) is 52.5 Å². The molecule has 0 aliphatic heterocycles. The van der Waals surface area contributed by atoms with Gasteiger partial charge in [-0.25, -0.2) is 0 Å². The molecule has 1 aromatic rings. The number of aryl methyl sites for hydroxylation is 1. The summed E-state index contributed by atoms with van der Waals surface area (Å²) in [6.45, 7) is 6.62. The highest BCUT2D eigenvalue weighted by molar-refractivity contribution is 9.10. The van der Waals surface area contributed by atoms with E-state index in [0.29, 0.717) is 5.92 Å². The van der Waals surface area contributed by atoms with Crippen molar-refractivity contribution in [1.82, 2.24) is 0 Å². The van der Waals surface area contributed by atoms with Crippen molar-refractivity contribution in [3.63, 3.8) is 0 Å². The first-order valence-corrected chi connectivity index (χ1v) is 7.72. The number of nitrogens with two attached hydrogens (primary N) is 1. The lowest BCUT2D eigenvalue weighted by Gasteiger charge is -2.22. The van der Waals surface area contributed by atoms with Gasteiger partial charge in [0.1, 0.15) is 0 Å². The molecule has 0 aliphatic carbocycles. The lowest BCUT2D eigenvalue weighted by atomic mass is 9.90. The molecule has 1 rings (SSSR count). The van der Waals surface area contributed by atoms with Gasteiger partial charge in [-0.15, -0.1) is 11.3 Å². The van der Waals surface area contributed by atoms with Crippen LogP contribution in [0.25, 0.3) is 0 Å². The minimum atomic E-state index is 0.202. The summed E-state index contributed by atoms with van der Waals surface area (Å²) in [4.78, 5) is 2.66. The Kier molecular flexibility index (Phi) is 6.01. The molecule has 2 N–H and O–H groups in total. The quantitative estimate of drug-likeness (QED) is 0.783. The first kappa shape index (κ1) is 14.2. The van der Waals surface area contributed by atoms with Crippen molar-refractivity contribution in [3.8, 4) is 0 Å². The fourth-order valence-electron chi connectivity index (χ4n) is 2.19. The lowest BCUT2D eigenvalue weighted by molar-refractivity contribution is 0.371. The van der Waals surface area contributed by atoms with Crippen LogP contribution in [0.4, 0.5) is 0 Å². The summed E-state index contributed by atoms with van der Waals surface area (Å²) in [5, 5.41) is 0. The van der Waals surface area contributed by atoms with Crippen molar-refractivity contribution < 1.29 is 0 Å². The minimum Gasteiger partial charge on any atom is -0.323 e. The fourth-order valence-corrected chi connectivity index (χ4v) is 4.20. The smallest absolute Gasteiger partial charge is 0.0429 e. The Hall–Kier alpha value is 0.140. The molecule has 0 amide bonds. The molecule has 0 saturated carbocycles. The van der Waals surface area contributed by atoms with Crippen LogP contribution in [0.3, 0.4) is 0 Å². The van der Waals surface area contributed by atoms with Crippen molar-refractivity contribution in [3.05, 3.63) is 20.3 Å². The normalized spacial score (nSPS) is 13.4. The van der Waals surface area contributed by atoms with Crippen molar-refractivity contribution >= 4 is 27.3 Å². The minimum absolute atomic E-state index is 0.202. The highest BCUT2D eigenvalue weighted by atomic mass is 79.9. The Bertz CT molecular complexity index is 316. The molecular weight excluding hydrogens is 282 g/mol. The van der Waals surface area contributed by atoms with E-state index in [-0.39, 0.29) is 6.04 Å². The van der Waals surface area contributed by atoms with E-state index in [4.69, 9.17) is 5.73 Å². The molecule has 92 valence electrons. The number of halogens is 1. The van der Waals surface area contributed by atoms with Gasteiger partial charge in [0.05, 0.1) is 0 Å². The Balaban J connectivity index is 2.80. The highest BCUT2D eigenvalue weighted by Crippen LogP contribution is 2.37. The zero-order chi connectivity index (χ0) is 12.1. The van der Waals surface area contributed by atoms with E-state index in [2.05, 4.69) is 42.8 Å². The van der Waals surface area contributed by atoms with Gasteiger partial charge in [0.25, 0.3) is 0 Å². The molecule has 16 heavy (non-hydrogen) atoms. The second-order valence-corrected chi connectivity index (χ2v) is 6.57. The molecule has 1 atom stereocenters. The summed E-state index contributed by atoms with van der Waals surface area (Å²) >= 11 is 5.45. The predicted molar refractivity (Wildman–Crippen MR) is 77.0 cm³/mol. The van der Waals surface area contributed by atoms with Crippen LogP contribution in [0, 0.1) is 12.8 Å². The summed E-state index contributed by atoms with van der Waals surface area (Å²) in [6, 6.07) is 2.38. The molecule has 1 heterocycles. The fraction of sp³-hybridized carbons (Fsp3) is 0.692. The summed E-state index contributed by atoms with van der Waals surface area (Å²) in [7, 11) is 0. The zero-order valence-corrected chi connectivity index (χ0v) is 12.8. The molecule has 0 aliphatic rings. The molecule has 3 heteroatoms. The monoisotopic (exact) mass is 303 g/mol. The SMILES string of the molecule is CCCC(CCC)C(N)c1sc(C)cc1Br. The molecule has 0 radical (unpaired) electrons. The Morgan fingerprint density at radius 1 is 1.31 bits per heavy atom. The van der Waals surface area contributed by atoms with Gasteiger partial charge >= 0.3 is 0 Å². The van der Waals surface area contributed by atoms with Crippen LogP contribution in [0.2, 0.25) is 0 Å². The van der Waals surface area contributed by atoms with Crippen LogP contribution in [-0.4, -0.2) is 0 Å². The average Bonchev–Trinajstić information content (AvgIpc) is 2.56. The van der Waals surface area contributed by atoms with Crippen LogP contribution in [-0.2, 0) is 0 Å². The standard InChI is InChI=1S/C13H22BrNS/c1-4-6-10(7-5-2)12(15)13-11(14)8-9(3)16-13/h8,10,12H,4-7,15H2,1-3H3. The van der Waals surface area contributed by atoms with E-state index in [1.165, 1.54) is 39.9 Å². The van der Waals surface area contributed by atoms with Gasteiger partial charge < -0.3 is 5.73 Å². The highest BCUT2D eigenvalue weighted by Gasteiger charge is 2.21. The molecule has 0 fully saturated rings. The average molecular weight is 304 g/mol. The third-order valence-corrected chi connectivity index (χ3v) is 5.04. The molecule has 0 saturated heterocycles. The summed E-state index contributed by atoms with van der Waals surface area (Å²) < 4.78 is 1.19. The molecule has 1 unspecified atom stereocenters. The van der Waals surface area contributed by atoms with Crippen LogP contribution in [0.1, 0.15) is 55.3 Å². The van der Waals surface area contributed by atoms with E-state index >= 15 is 0 Å². The van der Waals surface area contributed by atoms with Gasteiger partial charge in [0, 0.05) is 20.3 Å². The Morgan fingerprint density at radius 3 is 2.25 bits per heavy atom. The molecule has 1 nitrogen and oxygen atoms in total. The van der Waals surface area contributed by atoms with Gasteiger partial charge in [0.15, 0.2) is 0 Å². The number of thiophene rings is 1. The van der Waals surface area contributed by atoms with Crippen LogP contribution in [0.15, 0.2) is 10.5 Å². The number of hydrogen-bond donors (Lipinski definition) is 1. The summed E-state index contributed by atoms with van der Waals surface area (Å²) in [5.41, 5.74) is 6.41. The van der Waals surface area contributed by atoms with Gasteiger partial charge in [-0.1, -0.05) is 26.7 Å². The van der Waals surface area contributed by atoms with Crippen molar-refractivity contribution in [1.29, 1.82) is 0 Å². The van der Waals surface area contributed by atoms with Gasteiger partial charge in [-0.2, -0.15) is 0 Å². The maximum atomic E-state index is 6.41. The Labute approximate surface area is 112 Å². The third kappa shape index (κ3) is 3.57. The second kappa shape index (κ2) is 6.77. The van der Waals surface area contributed by atoms with Crippen LogP contribution >= 0.6 is 27.3 Å². The Morgan fingerprint density at radius 2 is 1.88 bits per heavy atom. The van der Waals surface area contributed by atoms with E-state index in [9.17, 15) is 0 Å². The third-order valence-electron chi connectivity index (χ3n) is 2.97. The number of rotatable bonds is 6. The zero-order valence-electron chi connectivity index (χ0n) is 10.4. The molecule has 0 aromatic carbocycles. The molecule has 1 aromatic heterocycles. The van der Waals surface area contributed by atoms with E-state index in [1.807, 2.05) is 11.3 Å². The van der Waals surface area contributed by atoms with Crippen molar-refractivity contribution in [2.24, 2.45) is 11.7 Å². The largest absolute Gasteiger partial charge is 0.323 e. The topological polar surface area (TPSA) is 26.0 Å². The van der Waals surface area contributed by atoms with Gasteiger partial charge in [-0.05, 0) is 47.7 Å².